The molecule has 0 amide bonds. The van der Waals surface area contributed by atoms with Crippen LogP contribution < -0.4 is 0 Å². The van der Waals surface area contributed by atoms with E-state index in [4.69, 9.17) is 5.11 Å². The van der Waals surface area contributed by atoms with Gasteiger partial charge in [-0.3, -0.25) is 4.79 Å². The molecule has 0 spiro atoms. The molecule has 0 aliphatic carbocycles. The molecule has 0 aromatic heterocycles. The summed E-state index contributed by atoms with van der Waals surface area (Å²) in [6.07, 6.45) is 17.2. The van der Waals surface area contributed by atoms with Gasteiger partial charge in [0.15, 0.2) is 0 Å². The summed E-state index contributed by atoms with van der Waals surface area (Å²) in [4.78, 5) is 9.97. The highest BCUT2D eigenvalue weighted by Crippen LogP contribution is 2.06. The third-order valence-corrected chi connectivity index (χ3v) is 9.58. The van der Waals surface area contributed by atoms with Gasteiger partial charge < -0.3 is 5.11 Å². The van der Waals surface area contributed by atoms with E-state index in [1.165, 1.54) is 77.0 Å². The summed E-state index contributed by atoms with van der Waals surface area (Å²) in [6, 6.07) is 0. The molecule has 276 valence electrons. The van der Waals surface area contributed by atoms with Crippen LogP contribution in [0.3, 0.4) is 0 Å². The molecule has 0 rings (SSSR count). The average molecular weight is 633 g/mol. The molecule has 0 aliphatic heterocycles. The second kappa shape index (κ2) is 52.0. The molecule has 0 aromatic carbocycles. The Balaban J connectivity index is -0.0000000728. The molecule has 2 nitrogen and oxygen atoms in total. The lowest BCUT2D eigenvalue weighted by Crippen LogP contribution is -2.02. The van der Waals surface area contributed by atoms with Crippen LogP contribution in [-0.4, -0.2) is 11.1 Å². The Bertz CT molecular complexity index is 346. The molecule has 1 N–H and O–H groups in total. The van der Waals surface area contributed by atoms with Gasteiger partial charge in [0.1, 0.15) is 0 Å². The maximum atomic E-state index is 9.97. The van der Waals surface area contributed by atoms with Crippen molar-refractivity contribution in [2.75, 3.05) is 0 Å². The fourth-order valence-corrected chi connectivity index (χ4v) is 2.17. The molecule has 2 heteroatoms. The van der Waals surface area contributed by atoms with Crippen LogP contribution >= 0.6 is 0 Å². The van der Waals surface area contributed by atoms with E-state index in [1.807, 2.05) is 13.8 Å². The van der Waals surface area contributed by atoms with E-state index in [0.717, 1.165) is 41.9 Å². The first-order valence-corrected chi connectivity index (χ1v) is 19.7. The smallest absolute Gasteiger partial charge is 0.303 e. The molecule has 0 fully saturated rings. The topological polar surface area (TPSA) is 37.3 Å². The summed E-state index contributed by atoms with van der Waals surface area (Å²) in [6.45, 7) is 44.4. The molecule has 0 heterocycles. The zero-order valence-electron chi connectivity index (χ0n) is 35.3. The van der Waals surface area contributed by atoms with Gasteiger partial charge >= 0.3 is 5.97 Å². The normalized spacial score (nSPS) is 10.6. The molecular weight excluding hydrogens is 536 g/mol. The van der Waals surface area contributed by atoms with Gasteiger partial charge in [-0.05, 0) is 41.4 Å². The maximum absolute atomic E-state index is 9.97. The first-order valence-electron chi connectivity index (χ1n) is 19.7. The van der Waals surface area contributed by atoms with Crippen LogP contribution in [0.2, 0.25) is 0 Å². The van der Waals surface area contributed by atoms with E-state index in [-0.39, 0.29) is 0 Å². The zero-order valence-corrected chi connectivity index (χ0v) is 35.3. The number of carboxylic acids is 1. The molecule has 0 aromatic rings. The third kappa shape index (κ3) is 78.2. The Morgan fingerprint density at radius 3 is 0.455 bits per heavy atom. The lowest BCUT2D eigenvalue weighted by molar-refractivity contribution is -0.137. The number of aliphatic carboxylic acids is 1. The average Bonchev–Trinajstić information content (AvgIpc) is 3.06. The lowest BCUT2D eigenvalue weighted by Gasteiger charge is -2.00. The van der Waals surface area contributed by atoms with Crippen molar-refractivity contribution in [3.05, 3.63) is 0 Å². The minimum Gasteiger partial charge on any atom is -0.481 e. The number of hydrogen-bond donors (Lipinski definition) is 1. The molecular formula is C42H96O2. The second-order valence-electron chi connectivity index (χ2n) is 13.6. The van der Waals surface area contributed by atoms with Crippen molar-refractivity contribution in [2.24, 2.45) is 41.4 Å². The Labute approximate surface area is 285 Å². The van der Waals surface area contributed by atoms with Crippen molar-refractivity contribution in [3.63, 3.8) is 0 Å². The Kier molecular flexibility index (Phi) is 69.7. The summed E-state index contributed by atoms with van der Waals surface area (Å²) in [5.74, 6) is 5.24. The van der Waals surface area contributed by atoms with Crippen LogP contribution in [0, 0.1) is 41.4 Å². The van der Waals surface area contributed by atoms with Gasteiger partial charge in [0.2, 0.25) is 0 Å². The first-order chi connectivity index (χ1) is 20.5. The fraction of sp³-hybridized carbons (Fsp3) is 0.976. The van der Waals surface area contributed by atoms with Crippen LogP contribution in [0.5, 0.6) is 0 Å². The van der Waals surface area contributed by atoms with Gasteiger partial charge in [0, 0.05) is 6.42 Å². The van der Waals surface area contributed by atoms with Gasteiger partial charge in [-0.25, -0.2) is 0 Å². The first kappa shape index (κ1) is 58.9. The van der Waals surface area contributed by atoms with E-state index in [1.54, 1.807) is 0 Å². The van der Waals surface area contributed by atoms with E-state index >= 15 is 0 Å². The molecule has 1 unspecified atom stereocenters. The van der Waals surface area contributed by atoms with Gasteiger partial charge in [-0.15, -0.1) is 0 Å². The van der Waals surface area contributed by atoms with Crippen molar-refractivity contribution in [2.45, 2.75) is 228 Å². The summed E-state index contributed by atoms with van der Waals surface area (Å²) in [5.41, 5.74) is 0. The lowest BCUT2D eigenvalue weighted by atomic mass is 10.1. The molecule has 0 radical (unpaired) electrons. The third-order valence-electron chi connectivity index (χ3n) is 9.58. The summed E-state index contributed by atoms with van der Waals surface area (Å²) < 4.78 is 0. The predicted molar refractivity (Wildman–Crippen MR) is 210 cm³/mol. The molecule has 0 aliphatic rings. The van der Waals surface area contributed by atoms with Crippen LogP contribution in [0.15, 0.2) is 0 Å². The minimum atomic E-state index is -0.695. The Hall–Kier alpha value is -0.530. The van der Waals surface area contributed by atoms with Crippen LogP contribution in [0.25, 0.3) is 0 Å². The van der Waals surface area contributed by atoms with E-state index in [2.05, 4.69) is 125 Å². The monoisotopic (exact) mass is 633 g/mol. The minimum absolute atomic E-state index is 0.302. The van der Waals surface area contributed by atoms with Crippen molar-refractivity contribution < 1.29 is 9.90 Å². The summed E-state index contributed by atoms with van der Waals surface area (Å²) >= 11 is 0. The Morgan fingerprint density at radius 1 is 0.318 bits per heavy atom. The second-order valence-corrected chi connectivity index (χ2v) is 13.6. The van der Waals surface area contributed by atoms with Crippen molar-refractivity contribution >= 4 is 5.97 Å². The molecule has 44 heavy (non-hydrogen) atoms. The zero-order chi connectivity index (χ0) is 36.5. The largest absolute Gasteiger partial charge is 0.481 e. The molecule has 0 saturated carbocycles. The number of hydrogen-bond acceptors (Lipinski definition) is 1. The SMILES string of the molecule is CCC(C)CC.CCC(C)CC.CCC(C)CC.CCC(C)CC.CCC(C)CC.CCC(C)CC.CCC(C)CC(=O)O. The number of carboxylic acid groups (broad SMARTS) is 1. The van der Waals surface area contributed by atoms with Crippen LogP contribution in [0.1, 0.15) is 228 Å². The maximum Gasteiger partial charge on any atom is 0.303 e. The standard InChI is InChI=1S/C6H12O2.6C6H14/c1-3-5(2)4-6(7)8;6*1-4-6(3)5-2/h5H,3-4H2,1-2H3,(H,7,8);6*6H,4-5H2,1-3H3. The quantitative estimate of drug-likeness (QED) is 0.195. The molecule has 0 saturated heterocycles. The van der Waals surface area contributed by atoms with Crippen molar-refractivity contribution in [1.29, 1.82) is 0 Å². The summed E-state index contributed by atoms with van der Waals surface area (Å²) in [5, 5.41) is 8.22. The predicted octanol–water partition coefficient (Wildman–Crippen LogP) is 16.2. The highest BCUT2D eigenvalue weighted by atomic mass is 16.4. The molecule has 1 atom stereocenters. The van der Waals surface area contributed by atoms with Gasteiger partial charge in [-0.1, -0.05) is 222 Å². The highest BCUT2D eigenvalue weighted by molar-refractivity contribution is 5.66. The van der Waals surface area contributed by atoms with Crippen molar-refractivity contribution in [1.82, 2.24) is 0 Å². The van der Waals surface area contributed by atoms with E-state index in [9.17, 15) is 4.79 Å². The summed E-state index contributed by atoms with van der Waals surface area (Å²) in [7, 11) is 0. The van der Waals surface area contributed by atoms with Crippen LogP contribution in [-0.2, 0) is 4.79 Å². The number of rotatable bonds is 15. The van der Waals surface area contributed by atoms with Gasteiger partial charge in [-0.2, -0.15) is 0 Å². The van der Waals surface area contributed by atoms with E-state index in [0.29, 0.717) is 12.3 Å². The highest BCUT2D eigenvalue weighted by Gasteiger charge is 2.02. The molecule has 0 bridgehead atoms. The fourth-order valence-electron chi connectivity index (χ4n) is 2.17. The number of carbonyl (C=O) groups is 1. The van der Waals surface area contributed by atoms with Crippen LogP contribution in [0.4, 0.5) is 0 Å². The van der Waals surface area contributed by atoms with Gasteiger partial charge in [0.25, 0.3) is 0 Å². The van der Waals surface area contributed by atoms with E-state index < -0.39 is 5.97 Å². The van der Waals surface area contributed by atoms with Crippen molar-refractivity contribution in [3.8, 4) is 0 Å². The van der Waals surface area contributed by atoms with Gasteiger partial charge in [0.05, 0.1) is 0 Å². The Morgan fingerprint density at radius 2 is 0.432 bits per heavy atom.